The summed E-state index contributed by atoms with van der Waals surface area (Å²) >= 11 is 0. The van der Waals surface area contributed by atoms with Gasteiger partial charge in [0.2, 0.25) is 5.91 Å². The van der Waals surface area contributed by atoms with Crippen molar-refractivity contribution in [3.63, 3.8) is 0 Å². The molecule has 0 bridgehead atoms. The number of carbonyl (C=O) groups excluding carboxylic acids is 2. The number of nitrogens with one attached hydrogen (secondary N) is 1. The number of anilines is 1. The Balaban J connectivity index is 1.45. The van der Waals surface area contributed by atoms with Crippen LogP contribution < -0.4 is 5.32 Å². The van der Waals surface area contributed by atoms with Crippen molar-refractivity contribution in [1.82, 2.24) is 14.8 Å². The van der Waals surface area contributed by atoms with Gasteiger partial charge in [0.15, 0.2) is 6.04 Å². The average molecular weight is 547 g/mol. The highest BCUT2D eigenvalue weighted by molar-refractivity contribution is 5.81. The molecule has 3 atom stereocenters. The van der Waals surface area contributed by atoms with Gasteiger partial charge in [-0.2, -0.15) is 13.2 Å². The van der Waals surface area contributed by atoms with Crippen molar-refractivity contribution in [2.24, 2.45) is 5.92 Å². The van der Waals surface area contributed by atoms with Gasteiger partial charge in [0.05, 0.1) is 23.5 Å². The summed E-state index contributed by atoms with van der Waals surface area (Å²) in [5.41, 5.74) is 1.98. The van der Waals surface area contributed by atoms with Crippen LogP contribution in [0, 0.1) is 5.92 Å². The fourth-order valence-electron chi connectivity index (χ4n) is 5.53. The smallest absolute Gasteiger partial charge is 0.414 e. The normalized spacial score (nSPS) is 21.3. The highest BCUT2D eigenvalue weighted by Crippen LogP contribution is 2.41. The lowest BCUT2D eigenvalue weighted by Gasteiger charge is -2.32. The molecule has 1 aliphatic carbocycles. The van der Waals surface area contributed by atoms with Gasteiger partial charge in [-0.1, -0.05) is 38.1 Å². The molecular weight excluding hydrogens is 509 g/mol. The molecular formula is C29H37F3N4O3. The molecule has 0 spiro atoms. The summed E-state index contributed by atoms with van der Waals surface area (Å²) < 4.78 is 48.1. The van der Waals surface area contributed by atoms with E-state index < -0.39 is 35.7 Å². The molecule has 1 aromatic heterocycles. The zero-order valence-electron chi connectivity index (χ0n) is 23.3. The number of nitrogens with zero attached hydrogens (tertiary/aromatic N) is 3. The van der Waals surface area contributed by atoms with E-state index in [0.717, 1.165) is 13.5 Å². The second-order valence-corrected chi connectivity index (χ2v) is 12.1. The maximum atomic E-state index is 14.2. The third kappa shape index (κ3) is 6.15. The molecule has 0 radical (unpaired) electrons. The topological polar surface area (TPSA) is 74.8 Å². The van der Waals surface area contributed by atoms with Gasteiger partial charge in [0.25, 0.3) is 0 Å². The standard InChI is InChI=1S/C29H37F3N4O3/c1-27(2,3)39-26(38)36-14-13-19(17-36)25(37)35(6)24(29(30,31)32)22-12-11-20(16-33-22)34-23-15-18-9-7-8-10-21(18)28(23,4)5/h7-12,16,19,23-24,34H,13-15,17H2,1-6H3/t19-,23+,24+/m1/s1. The van der Waals surface area contributed by atoms with E-state index in [1.165, 1.54) is 28.3 Å². The monoisotopic (exact) mass is 546 g/mol. The van der Waals surface area contributed by atoms with Gasteiger partial charge in [0.1, 0.15) is 5.60 Å². The van der Waals surface area contributed by atoms with E-state index in [-0.39, 0.29) is 36.7 Å². The van der Waals surface area contributed by atoms with Crippen LogP contribution in [0.25, 0.3) is 0 Å². The van der Waals surface area contributed by atoms with Crippen LogP contribution >= 0.6 is 0 Å². The summed E-state index contributed by atoms with van der Waals surface area (Å²) in [5, 5.41) is 3.44. The molecule has 10 heteroatoms. The van der Waals surface area contributed by atoms with Gasteiger partial charge in [-0.05, 0) is 56.9 Å². The molecule has 1 saturated heterocycles. The van der Waals surface area contributed by atoms with Gasteiger partial charge in [-0.15, -0.1) is 0 Å². The fourth-order valence-corrected chi connectivity index (χ4v) is 5.53. The molecule has 1 N–H and O–H groups in total. The van der Waals surface area contributed by atoms with Crippen molar-refractivity contribution in [3.8, 4) is 0 Å². The molecule has 212 valence electrons. The first kappa shape index (κ1) is 28.7. The van der Waals surface area contributed by atoms with Gasteiger partial charge >= 0.3 is 12.3 Å². The van der Waals surface area contributed by atoms with Crippen LogP contribution in [0.5, 0.6) is 0 Å². The number of aromatic nitrogens is 1. The largest absolute Gasteiger partial charge is 0.444 e. The minimum absolute atomic E-state index is 0.0124. The van der Waals surface area contributed by atoms with E-state index in [2.05, 4.69) is 36.3 Å². The fraction of sp³-hybridized carbons (Fsp3) is 0.552. The molecule has 0 saturated carbocycles. The molecule has 2 heterocycles. The Labute approximate surface area is 227 Å². The Kier molecular flexibility index (Phi) is 7.62. The quantitative estimate of drug-likeness (QED) is 0.520. The Bertz CT molecular complexity index is 1210. The van der Waals surface area contributed by atoms with E-state index in [0.29, 0.717) is 10.6 Å². The van der Waals surface area contributed by atoms with Gasteiger partial charge in [0, 0.05) is 31.6 Å². The molecule has 1 aliphatic heterocycles. The molecule has 7 nitrogen and oxygen atoms in total. The molecule has 2 aromatic rings. The Hall–Kier alpha value is -3.30. The lowest BCUT2D eigenvalue weighted by Crippen LogP contribution is -2.44. The third-order valence-corrected chi connectivity index (χ3v) is 7.65. The van der Waals surface area contributed by atoms with Crippen LogP contribution in [0.1, 0.15) is 63.9 Å². The van der Waals surface area contributed by atoms with Gasteiger partial charge < -0.3 is 19.9 Å². The van der Waals surface area contributed by atoms with Crippen molar-refractivity contribution in [2.45, 2.75) is 76.7 Å². The van der Waals surface area contributed by atoms with E-state index in [1.54, 1.807) is 26.8 Å². The van der Waals surface area contributed by atoms with Crippen LogP contribution in [0.3, 0.4) is 0 Å². The number of alkyl halides is 3. The van der Waals surface area contributed by atoms with Crippen LogP contribution in [0.4, 0.5) is 23.7 Å². The maximum absolute atomic E-state index is 14.2. The van der Waals surface area contributed by atoms with Crippen molar-refractivity contribution in [1.29, 1.82) is 0 Å². The first-order chi connectivity index (χ1) is 18.1. The van der Waals surface area contributed by atoms with E-state index in [1.807, 2.05) is 12.1 Å². The van der Waals surface area contributed by atoms with Crippen LogP contribution in [-0.4, -0.2) is 64.7 Å². The number of fused-ring (bicyclic) bond motifs is 1. The molecule has 0 unspecified atom stereocenters. The van der Waals surface area contributed by atoms with Gasteiger partial charge in [-0.25, -0.2) is 4.79 Å². The van der Waals surface area contributed by atoms with E-state index in [4.69, 9.17) is 4.74 Å². The SMILES string of the molecule is CN(C(=O)[C@@H]1CCN(C(=O)OC(C)(C)C)C1)[C@@H](c1ccc(N[C@H]2Cc3ccccc3C2(C)C)cn1)C(F)(F)F. The van der Waals surface area contributed by atoms with Crippen molar-refractivity contribution >= 4 is 17.7 Å². The first-order valence-corrected chi connectivity index (χ1v) is 13.2. The number of hydrogen-bond acceptors (Lipinski definition) is 5. The number of carbonyl (C=O) groups is 2. The minimum Gasteiger partial charge on any atom is -0.444 e. The molecule has 1 fully saturated rings. The number of rotatable bonds is 5. The molecule has 1 aromatic carbocycles. The number of hydrogen-bond donors (Lipinski definition) is 1. The van der Waals surface area contributed by atoms with Crippen LogP contribution in [-0.2, 0) is 21.4 Å². The maximum Gasteiger partial charge on any atom is 0.414 e. The van der Waals surface area contributed by atoms with E-state index >= 15 is 0 Å². The van der Waals surface area contributed by atoms with Crippen molar-refractivity contribution in [3.05, 3.63) is 59.4 Å². The second kappa shape index (κ2) is 10.4. The second-order valence-electron chi connectivity index (χ2n) is 12.1. The Morgan fingerprint density at radius 1 is 1.15 bits per heavy atom. The number of ether oxygens (including phenoxy) is 1. The van der Waals surface area contributed by atoms with Gasteiger partial charge in [-0.3, -0.25) is 9.78 Å². The van der Waals surface area contributed by atoms with Crippen molar-refractivity contribution in [2.75, 3.05) is 25.5 Å². The number of halogens is 3. The highest BCUT2D eigenvalue weighted by Gasteiger charge is 2.48. The summed E-state index contributed by atoms with van der Waals surface area (Å²) in [6.45, 7) is 9.73. The lowest BCUT2D eigenvalue weighted by molar-refractivity contribution is -0.191. The predicted octanol–water partition coefficient (Wildman–Crippen LogP) is 5.71. The molecule has 2 amide bonds. The highest BCUT2D eigenvalue weighted by atomic mass is 19.4. The minimum atomic E-state index is -4.73. The summed E-state index contributed by atoms with van der Waals surface area (Å²) in [7, 11) is 1.14. The molecule has 2 aliphatic rings. The predicted molar refractivity (Wildman–Crippen MR) is 142 cm³/mol. The third-order valence-electron chi connectivity index (χ3n) is 7.65. The summed E-state index contributed by atoms with van der Waals surface area (Å²) in [6.07, 6.45) is -2.85. The van der Waals surface area contributed by atoms with Crippen molar-refractivity contribution < 1.29 is 27.5 Å². The summed E-state index contributed by atoms with van der Waals surface area (Å²) in [4.78, 5) is 31.7. The molecule has 4 rings (SSSR count). The number of pyridine rings is 1. The Morgan fingerprint density at radius 2 is 1.85 bits per heavy atom. The van der Waals surface area contributed by atoms with Crippen LogP contribution in [0.15, 0.2) is 42.6 Å². The average Bonchev–Trinajstić information content (AvgIpc) is 3.42. The summed E-state index contributed by atoms with van der Waals surface area (Å²) in [6, 6.07) is 8.97. The molecule has 39 heavy (non-hydrogen) atoms. The number of likely N-dealkylation sites (tertiary alicyclic amines) is 1. The zero-order valence-corrected chi connectivity index (χ0v) is 23.3. The van der Waals surface area contributed by atoms with E-state index in [9.17, 15) is 22.8 Å². The number of benzene rings is 1. The lowest BCUT2D eigenvalue weighted by atomic mass is 9.83. The first-order valence-electron chi connectivity index (χ1n) is 13.2. The zero-order chi connectivity index (χ0) is 28.8. The Morgan fingerprint density at radius 3 is 2.44 bits per heavy atom. The number of amides is 2. The van der Waals surface area contributed by atoms with Crippen LogP contribution in [0.2, 0.25) is 0 Å². The summed E-state index contributed by atoms with van der Waals surface area (Å²) in [5.74, 6) is -1.43.